The van der Waals surface area contributed by atoms with Crippen LogP contribution in [0.3, 0.4) is 0 Å². The van der Waals surface area contributed by atoms with E-state index >= 15 is 0 Å². The largest absolute Gasteiger partial charge is 0.356 e. The number of allylic oxidation sites excluding steroid dienone is 2. The minimum Gasteiger partial charge on any atom is -0.356 e. The molecule has 3 nitrogen and oxygen atoms in total. The summed E-state index contributed by atoms with van der Waals surface area (Å²) in [7, 11) is 1.58. The topological polar surface area (TPSA) is 56.8 Å². The van der Waals surface area contributed by atoms with E-state index in [2.05, 4.69) is 74.5 Å². The fraction of sp³-hybridized carbons (Fsp3) is 0.714. The second-order valence-electron chi connectivity index (χ2n) is 9.84. The number of nitriles is 2. The van der Waals surface area contributed by atoms with Gasteiger partial charge >= 0.3 is 0 Å². The third-order valence-corrected chi connectivity index (χ3v) is 5.01. The fourth-order valence-corrected chi connectivity index (χ4v) is 3.39. The first kappa shape index (κ1) is 20.5. The van der Waals surface area contributed by atoms with Gasteiger partial charge in [-0.05, 0) is 27.4 Å². The molecule has 0 radical (unpaired) electrons. The Morgan fingerprint density at radius 2 is 1.17 bits per heavy atom. The predicted octanol–water partition coefficient (Wildman–Crippen LogP) is 5.41. The monoisotopic (exact) mass is 328 g/mol. The third-order valence-electron chi connectivity index (χ3n) is 5.01. The lowest BCUT2D eigenvalue weighted by atomic mass is 9.55. The maximum absolute atomic E-state index is 10.1. The van der Waals surface area contributed by atoms with Crippen molar-refractivity contribution in [2.75, 3.05) is 7.11 Å². The summed E-state index contributed by atoms with van der Waals surface area (Å²) >= 11 is 0. The summed E-state index contributed by atoms with van der Waals surface area (Å²) in [6.07, 6.45) is 3.96. The highest BCUT2D eigenvalue weighted by molar-refractivity contribution is 5.54. The van der Waals surface area contributed by atoms with Gasteiger partial charge in [0.05, 0.1) is 11.5 Å². The molecule has 0 N–H and O–H groups in total. The van der Waals surface area contributed by atoms with Gasteiger partial charge < -0.3 is 4.74 Å². The van der Waals surface area contributed by atoms with Crippen LogP contribution in [0.5, 0.6) is 0 Å². The third kappa shape index (κ3) is 3.03. The lowest BCUT2D eigenvalue weighted by Gasteiger charge is -2.49. The molecule has 0 aromatic heterocycles. The first-order chi connectivity index (χ1) is 10.6. The van der Waals surface area contributed by atoms with Crippen molar-refractivity contribution >= 4 is 0 Å². The Bertz CT molecular complexity index is 614. The second kappa shape index (κ2) is 5.75. The number of nitrogens with zero attached hydrogens (tertiary/aromatic N) is 2. The first-order valence-electron chi connectivity index (χ1n) is 8.46. The molecule has 0 aromatic carbocycles. The van der Waals surface area contributed by atoms with Crippen molar-refractivity contribution in [1.29, 1.82) is 10.5 Å². The van der Waals surface area contributed by atoms with Gasteiger partial charge in [-0.1, -0.05) is 74.5 Å². The molecule has 1 rings (SSSR count). The lowest BCUT2D eigenvalue weighted by Crippen LogP contribution is -2.49. The maximum Gasteiger partial charge on any atom is 0.198 e. The van der Waals surface area contributed by atoms with Crippen molar-refractivity contribution in [2.45, 2.75) is 67.9 Å². The van der Waals surface area contributed by atoms with Crippen molar-refractivity contribution < 1.29 is 4.74 Å². The van der Waals surface area contributed by atoms with Crippen molar-refractivity contribution in [3.05, 3.63) is 23.3 Å². The van der Waals surface area contributed by atoms with E-state index in [1.807, 2.05) is 12.2 Å². The summed E-state index contributed by atoms with van der Waals surface area (Å²) < 4.78 is 5.85. The molecule has 0 heterocycles. The lowest BCUT2D eigenvalue weighted by molar-refractivity contribution is 0.0607. The van der Waals surface area contributed by atoms with E-state index in [-0.39, 0.29) is 16.2 Å². The fourth-order valence-electron chi connectivity index (χ4n) is 3.39. The number of hydrogen-bond donors (Lipinski definition) is 0. The van der Waals surface area contributed by atoms with E-state index in [9.17, 15) is 10.5 Å². The Hall–Kier alpha value is -1.58. The van der Waals surface area contributed by atoms with Gasteiger partial charge in [0.15, 0.2) is 5.60 Å². The molecule has 0 unspecified atom stereocenters. The molecule has 0 saturated heterocycles. The molecule has 0 atom stereocenters. The normalized spacial score (nSPS) is 28.5. The van der Waals surface area contributed by atoms with Crippen molar-refractivity contribution in [2.24, 2.45) is 21.7 Å². The standard InChI is InChI=1S/C21H32N2O/c1-17(2,3)15-11-20(13-22,19(7,8)9)12-16(18(4,5)6)21(15,14-23)24-10/h11-12H,1-10H3. The highest BCUT2D eigenvalue weighted by Gasteiger charge is 2.54. The van der Waals surface area contributed by atoms with Crippen molar-refractivity contribution in [1.82, 2.24) is 0 Å². The van der Waals surface area contributed by atoms with E-state index in [4.69, 9.17) is 4.74 Å². The van der Waals surface area contributed by atoms with E-state index in [1.54, 1.807) is 7.11 Å². The van der Waals surface area contributed by atoms with E-state index in [0.29, 0.717) is 0 Å². The Morgan fingerprint density at radius 3 is 1.33 bits per heavy atom. The molecular formula is C21H32N2O. The zero-order valence-corrected chi connectivity index (χ0v) is 17.0. The van der Waals surface area contributed by atoms with Crippen LogP contribution in [0.1, 0.15) is 62.3 Å². The van der Waals surface area contributed by atoms with Gasteiger partial charge in [-0.15, -0.1) is 0 Å². The Kier molecular flexibility index (Phi) is 4.90. The molecule has 132 valence electrons. The highest BCUT2D eigenvalue weighted by atomic mass is 16.5. The number of methoxy groups -OCH3 is 1. The summed E-state index contributed by atoms with van der Waals surface area (Å²) in [6.45, 7) is 18.6. The minimum absolute atomic E-state index is 0.301. The highest BCUT2D eigenvalue weighted by Crippen LogP contribution is 2.56. The minimum atomic E-state index is -1.14. The molecule has 0 bridgehead atoms. The van der Waals surface area contributed by atoms with Gasteiger partial charge in [-0.2, -0.15) is 10.5 Å². The zero-order valence-electron chi connectivity index (χ0n) is 17.0. The van der Waals surface area contributed by atoms with Gasteiger partial charge in [0.25, 0.3) is 0 Å². The molecule has 1 aliphatic rings. The summed E-state index contributed by atoms with van der Waals surface area (Å²) in [5, 5.41) is 20.2. The van der Waals surface area contributed by atoms with Gasteiger partial charge in [-0.25, -0.2) is 0 Å². The van der Waals surface area contributed by atoms with Crippen molar-refractivity contribution in [3.63, 3.8) is 0 Å². The maximum atomic E-state index is 10.1. The molecule has 3 heteroatoms. The number of rotatable bonds is 1. The van der Waals surface area contributed by atoms with Crippen LogP contribution < -0.4 is 0 Å². The molecule has 0 spiro atoms. The number of hydrogen-bond acceptors (Lipinski definition) is 3. The zero-order chi connectivity index (χ0) is 19.2. The first-order valence-corrected chi connectivity index (χ1v) is 8.46. The van der Waals surface area contributed by atoms with Crippen molar-refractivity contribution in [3.8, 4) is 12.1 Å². The van der Waals surface area contributed by atoms with E-state index in [1.165, 1.54) is 0 Å². The Morgan fingerprint density at radius 1 is 0.792 bits per heavy atom. The Labute approximate surface area is 148 Å². The average Bonchev–Trinajstić information content (AvgIpc) is 2.42. The van der Waals surface area contributed by atoms with Crippen LogP contribution in [0.2, 0.25) is 0 Å². The van der Waals surface area contributed by atoms with Crippen LogP contribution in [0.4, 0.5) is 0 Å². The second-order valence-corrected chi connectivity index (χ2v) is 9.84. The van der Waals surface area contributed by atoms with Gasteiger partial charge in [0.2, 0.25) is 0 Å². The molecule has 0 saturated carbocycles. The quantitative estimate of drug-likeness (QED) is 0.605. The SMILES string of the molecule is COC1(C#N)C(C(C)(C)C)=CC(C#N)(C(C)(C)C)C=C1C(C)(C)C. The van der Waals surface area contributed by atoms with E-state index < -0.39 is 11.0 Å². The van der Waals surface area contributed by atoms with Crippen LogP contribution in [-0.2, 0) is 4.74 Å². The van der Waals surface area contributed by atoms with Gasteiger partial charge in [0, 0.05) is 7.11 Å². The van der Waals surface area contributed by atoms with Crippen LogP contribution in [0.25, 0.3) is 0 Å². The molecular weight excluding hydrogens is 296 g/mol. The molecule has 0 aliphatic heterocycles. The smallest absolute Gasteiger partial charge is 0.198 e. The molecule has 24 heavy (non-hydrogen) atoms. The summed E-state index contributed by atoms with van der Waals surface area (Å²) in [5.41, 5.74) is -1.09. The predicted molar refractivity (Wildman–Crippen MR) is 97.9 cm³/mol. The average molecular weight is 329 g/mol. The summed E-state index contributed by atoms with van der Waals surface area (Å²) in [5.74, 6) is 0. The van der Waals surface area contributed by atoms with Gasteiger partial charge in [-0.3, -0.25) is 0 Å². The number of ether oxygens (including phenoxy) is 1. The van der Waals surface area contributed by atoms with Crippen LogP contribution in [0.15, 0.2) is 23.3 Å². The molecule has 0 aromatic rings. The molecule has 0 amide bonds. The molecule has 0 fully saturated rings. The van der Waals surface area contributed by atoms with Crippen LogP contribution in [-0.4, -0.2) is 12.7 Å². The van der Waals surface area contributed by atoms with Gasteiger partial charge in [0.1, 0.15) is 6.07 Å². The summed E-state index contributed by atoms with van der Waals surface area (Å²) in [6, 6.07) is 4.96. The van der Waals surface area contributed by atoms with Crippen LogP contribution in [0, 0.1) is 44.3 Å². The van der Waals surface area contributed by atoms with Crippen LogP contribution >= 0.6 is 0 Å². The molecule has 1 aliphatic carbocycles. The Balaban J connectivity index is 4.03. The summed E-state index contributed by atoms with van der Waals surface area (Å²) in [4.78, 5) is 0. The van der Waals surface area contributed by atoms with E-state index in [0.717, 1.165) is 11.1 Å².